The minimum absolute atomic E-state index is 0.0193. The molecule has 37 heavy (non-hydrogen) atoms. The van der Waals surface area contributed by atoms with E-state index in [2.05, 4.69) is 20.0 Å². The van der Waals surface area contributed by atoms with Crippen molar-refractivity contribution in [3.63, 3.8) is 0 Å². The van der Waals surface area contributed by atoms with Gasteiger partial charge in [-0.05, 0) is 69.8 Å². The minimum Gasteiger partial charge on any atom is -0.378 e. The minimum atomic E-state index is -3.41. The van der Waals surface area contributed by atoms with Gasteiger partial charge in [0.25, 0.3) is 5.91 Å². The Morgan fingerprint density at radius 3 is 2.43 bits per heavy atom. The quantitative estimate of drug-likeness (QED) is 0.449. The fourth-order valence-electron chi connectivity index (χ4n) is 7.28. The molecule has 2 heterocycles. The third-order valence-electron chi connectivity index (χ3n) is 8.50. The maximum Gasteiger partial charge on any atom is 0.256 e. The molecule has 0 radical (unpaired) electrons. The Kier molecular flexibility index (Phi) is 6.64. The summed E-state index contributed by atoms with van der Waals surface area (Å²) >= 11 is 0. The van der Waals surface area contributed by atoms with Crippen molar-refractivity contribution >= 4 is 33.9 Å². The average Bonchev–Trinajstić information content (AvgIpc) is 3.23. The van der Waals surface area contributed by atoms with Gasteiger partial charge in [-0.25, -0.2) is 17.8 Å². The first kappa shape index (κ1) is 26.2. The molecule has 4 N–H and O–H groups in total. The maximum absolute atomic E-state index is 13.7. The number of hydrogen-bond donors (Lipinski definition) is 3. The Bertz CT molecular complexity index is 1190. The van der Waals surface area contributed by atoms with Gasteiger partial charge in [0.2, 0.25) is 15.9 Å². The lowest BCUT2D eigenvalue weighted by molar-refractivity contribution is -0.145. The predicted molar refractivity (Wildman–Crippen MR) is 139 cm³/mol. The van der Waals surface area contributed by atoms with Crippen molar-refractivity contribution in [2.45, 2.75) is 57.5 Å². The molecule has 11 nitrogen and oxygen atoms in total. The second-order valence-corrected chi connectivity index (χ2v) is 13.7. The Morgan fingerprint density at radius 1 is 1.19 bits per heavy atom. The molecule has 0 aromatic carbocycles. The summed E-state index contributed by atoms with van der Waals surface area (Å²) in [5.41, 5.74) is 5.05. The van der Waals surface area contributed by atoms with E-state index < -0.39 is 21.0 Å². The molecule has 1 aliphatic heterocycles. The van der Waals surface area contributed by atoms with Crippen molar-refractivity contribution in [3.05, 3.63) is 17.8 Å². The number of sulfonamides is 1. The van der Waals surface area contributed by atoms with Gasteiger partial charge in [-0.3, -0.25) is 9.59 Å². The van der Waals surface area contributed by atoms with Crippen LogP contribution in [0.1, 0.15) is 56.3 Å². The molecule has 2 atom stereocenters. The molecule has 204 valence electrons. The number of anilines is 1. The van der Waals surface area contributed by atoms with Gasteiger partial charge in [0.05, 0.1) is 25.7 Å². The summed E-state index contributed by atoms with van der Waals surface area (Å²) in [6.07, 6.45) is 10.5. The van der Waals surface area contributed by atoms with Crippen LogP contribution in [0.5, 0.6) is 0 Å². The van der Waals surface area contributed by atoms with E-state index in [0.717, 1.165) is 38.4 Å². The number of primary amides is 1. The van der Waals surface area contributed by atoms with E-state index in [4.69, 9.17) is 10.5 Å². The number of ether oxygens (including phenoxy) is 1. The van der Waals surface area contributed by atoms with E-state index in [1.54, 1.807) is 37.0 Å². The third kappa shape index (κ3) is 5.28. The second kappa shape index (κ2) is 9.39. The molecule has 1 aromatic rings. The van der Waals surface area contributed by atoms with Crippen LogP contribution in [0.25, 0.3) is 6.20 Å². The number of nitrogens with zero attached hydrogens (tertiary/aromatic N) is 3. The Balaban J connectivity index is 1.39. The summed E-state index contributed by atoms with van der Waals surface area (Å²) in [6, 6.07) is 0.0193. The van der Waals surface area contributed by atoms with E-state index in [1.165, 1.54) is 0 Å². The Labute approximate surface area is 218 Å². The van der Waals surface area contributed by atoms with Gasteiger partial charge in [-0.1, -0.05) is 0 Å². The lowest BCUT2D eigenvalue weighted by Gasteiger charge is -2.58. The Hall–Kier alpha value is -2.44. The zero-order valence-electron chi connectivity index (χ0n) is 21.8. The molecule has 4 bridgehead atoms. The number of morpholine rings is 1. The molecule has 4 saturated carbocycles. The second-order valence-electron chi connectivity index (χ2n) is 12.0. The standard InChI is InChI=1S/C25H38N6O5S/c1-24(2,29-37(3,34)35)4-5-31-22(30-6-8-36-9-7-30)19(15-27-31)21(32)28-20-17-10-16-11-18(20)14-25(12-16,13-17)23(26)33/h4-5,15-18,20,29H,6-14H2,1-3H3,(H2,26,33)(H,28,32)/b5-4+/t16?,17?,18?,20-,25-. The van der Waals surface area contributed by atoms with E-state index >= 15 is 0 Å². The van der Waals surface area contributed by atoms with Crippen LogP contribution in [0.2, 0.25) is 0 Å². The zero-order chi connectivity index (χ0) is 26.6. The molecule has 12 heteroatoms. The average molecular weight is 535 g/mol. The van der Waals surface area contributed by atoms with Gasteiger partial charge in [0, 0.05) is 36.3 Å². The van der Waals surface area contributed by atoms with Gasteiger partial charge >= 0.3 is 0 Å². The molecule has 6 rings (SSSR count). The highest BCUT2D eigenvalue weighted by atomic mass is 32.2. The number of amides is 2. The highest BCUT2D eigenvalue weighted by Crippen LogP contribution is 2.60. The SMILES string of the molecule is CC(C)(/C=C/n1ncc(C(=O)N[C@H]2C3CC4CC2C[C@](C(N)=O)(C4)C3)c1N1CCOCC1)NS(C)(=O)=O. The van der Waals surface area contributed by atoms with Crippen molar-refractivity contribution in [1.82, 2.24) is 19.8 Å². The lowest BCUT2D eigenvalue weighted by atomic mass is 9.47. The highest BCUT2D eigenvalue weighted by molar-refractivity contribution is 7.88. The van der Waals surface area contributed by atoms with Gasteiger partial charge in [-0.15, -0.1) is 0 Å². The van der Waals surface area contributed by atoms with E-state index in [-0.39, 0.29) is 29.7 Å². The van der Waals surface area contributed by atoms with E-state index in [1.807, 2.05) is 0 Å². The zero-order valence-corrected chi connectivity index (χ0v) is 22.6. The molecule has 4 aliphatic carbocycles. The van der Waals surface area contributed by atoms with Crippen LogP contribution >= 0.6 is 0 Å². The summed E-state index contributed by atoms with van der Waals surface area (Å²) in [4.78, 5) is 28.1. The van der Waals surface area contributed by atoms with Crippen molar-refractivity contribution < 1.29 is 22.7 Å². The molecule has 0 spiro atoms. The summed E-state index contributed by atoms with van der Waals surface area (Å²) in [5, 5.41) is 7.79. The molecular formula is C25H38N6O5S. The van der Waals surface area contributed by atoms with Gasteiger partial charge in [0.1, 0.15) is 11.4 Å². The summed E-state index contributed by atoms with van der Waals surface area (Å²) in [6.45, 7) is 5.81. The number of carbonyl (C=O) groups is 2. The third-order valence-corrected chi connectivity index (χ3v) is 9.40. The monoisotopic (exact) mass is 534 g/mol. The fraction of sp³-hybridized carbons (Fsp3) is 0.720. The first-order valence-corrected chi connectivity index (χ1v) is 14.9. The summed E-state index contributed by atoms with van der Waals surface area (Å²) < 4.78 is 33.2. The van der Waals surface area contributed by atoms with E-state index in [0.29, 0.717) is 43.6 Å². The summed E-state index contributed by atoms with van der Waals surface area (Å²) in [7, 11) is -3.41. The smallest absolute Gasteiger partial charge is 0.256 e. The van der Waals surface area contributed by atoms with Crippen molar-refractivity contribution in [1.29, 1.82) is 0 Å². The number of hydrogen-bond acceptors (Lipinski definition) is 7. The van der Waals surface area contributed by atoms with Gasteiger partial charge in [0.15, 0.2) is 0 Å². The summed E-state index contributed by atoms with van der Waals surface area (Å²) in [5.74, 6) is 1.32. The number of nitrogens with one attached hydrogen (secondary N) is 2. The number of rotatable bonds is 8. The molecule has 2 unspecified atom stereocenters. The van der Waals surface area contributed by atoms with Crippen LogP contribution in [-0.4, -0.2) is 74.2 Å². The van der Waals surface area contributed by atoms with Crippen molar-refractivity contribution in [2.24, 2.45) is 28.9 Å². The number of carbonyl (C=O) groups excluding carboxylic acids is 2. The fourth-order valence-corrected chi connectivity index (χ4v) is 8.30. The molecule has 1 aromatic heterocycles. The maximum atomic E-state index is 13.7. The topological polar surface area (TPSA) is 149 Å². The predicted octanol–water partition coefficient (Wildman–Crippen LogP) is 0.928. The molecule has 1 saturated heterocycles. The van der Waals surface area contributed by atoms with Crippen LogP contribution in [0.15, 0.2) is 12.3 Å². The molecule has 5 aliphatic rings. The van der Waals surface area contributed by atoms with Crippen LogP contribution in [-0.2, 0) is 19.6 Å². The molecular weight excluding hydrogens is 496 g/mol. The first-order chi connectivity index (χ1) is 17.4. The van der Waals surface area contributed by atoms with Crippen LogP contribution in [0.3, 0.4) is 0 Å². The van der Waals surface area contributed by atoms with Crippen LogP contribution in [0.4, 0.5) is 5.82 Å². The Morgan fingerprint density at radius 2 is 1.84 bits per heavy atom. The van der Waals surface area contributed by atoms with Crippen molar-refractivity contribution in [3.8, 4) is 0 Å². The number of aromatic nitrogens is 2. The van der Waals surface area contributed by atoms with Crippen LogP contribution < -0.4 is 20.7 Å². The van der Waals surface area contributed by atoms with Gasteiger partial charge in [-0.2, -0.15) is 5.10 Å². The van der Waals surface area contributed by atoms with Gasteiger partial charge < -0.3 is 20.7 Å². The lowest BCUT2D eigenvalue weighted by Crippen LogP contribution is -2.62. The van der Waals surface area contributed by atoms with E-state index in [9.17, 15) is 18.0 Å². The first-order valence-electron chi connectivity index (χ1n) is 13.1. The molecule has 5 fully saturated rings. The van der Waals surface area contributed by atoms with Crippen LogP contribution in [0, 0.1) is 23.2 Å². The highest BCUT2D eigenvalue weighted by Gasteiger charge is 2.58. The number of nitrogens with two attached hydrogens (primary N) is 1. The normalized spacial score (nSPS) is 31.7. The molecule has 2 amide bonds. The largest absolute Gasteiger partial charge is 0.378 e. The van der Waals surface area contributed by atoms with Crippen molar-refractivity contribution in [2.75, 3.05) is 37.5 Å².